The average molecular weight is 317 g/mol. The molecule has 0 heterocycles. The van der Waals surface area contributed by atoms with Crippen LogP contribution < -0.4 is 0 Å². The smallest absolute Gasteiger partial charge is 0.0791 e. The highest BCUT2D eigenvalue weighted by molar-refractivity contribution is 5.17. The van der Waals surface area contributed by atoms with Gasteiger partial charge >= 0.3 is 0 Å². The van der Waals surface area contributed by atoms with Gasteiger partial charge in [0.1, 0.15) is 0 Å². The first-order valence-electron chi connectivity index (χ1n) is 9.37. The van der Waals surface area contributed by atoms with E-state index in [1.54, 1.807) is 12.2 Å². The molecule has 0 fully saturated rings. The number of aliphatic hydroxyl groups is 1. The Morgan fingerprint density at radius 1 is 0.522 bits per heavy atom. The number of allylic oxidation sites excluding steroid dienone is 9. The molecule has 0 saturated carbocycles. The van der Waals surface area contributed by atoms with Crippen molar-refractivity contribution in [2.24, 2.45) is 0 Å². The molecule has 0 amide bonds. The van der Waals surface area contributed by atoms with E-state index in [0.717, 1.165) is 6.26 Å². The summed E-state index contributed by atoms with van der Waals surface area (Å²) in [5.74, 6) is 0. The molecular weight excluding hydrogens is 280 g/mol. The van der Waals surface area contributed by atoms with Gasteiger partial charge in [-0.15, -0.1) is 0 Å². The summed E-state index contributed by atoms with van der Waals surface area (Å²) in [4.78, 5) is 0. The van der Waals surface area contributed by atoms with Gasteiger partial charge in [-0.25, -0.2) is 0 Å². The molecule has 1 nitrogen and oxygen atoms in total. The lowest BCUT2D eigenvalue weighted by Gasteiger charge is -2.01. The fraction of sp³-hybridized carbons (Fsp3) is 0.545. The first kappa shape index (κ1) is 21.5. The minimum atomic E-state index is 1.02. The molecule has 0 unspecified atom stereocenters. The number of hydrogen-bond acceptors (Lipinski definition) is 1. The molecule has 130 valence electrons. The van der Waals surface area contributed by atoms with E-state index in [2.05, 4.69) is 25.2 Å². The van der Waals surface area contributed by atoms with Crippen molar-refractivity contribution in [1.82, 2.24) is 0 Å². The first-order valence-corrected chi connectivity index (χ1v) is 9.37. The highest BCUT2D eigenvalue weighted by atomic mass is 16.2. The van der Waals surface area contributed by atoms with Crippen molar-refractivity contribution >= 4 is 0 Å². The van der Waals surface area contributed by atoms with E-state index in [0.29, 0.717) is 0 Å². The van der Waals surface area contributed by atoms with Crippen molar-refractivity contribution in [2.45, 2.75) is 77.6 Å². The number of hydrogen-bond donors (Lipinski definition) is 1. The topological polar surface area (TPSA) is 20.2 Å². The van der Waals surface area contributed by atoms with Gasteiger partial charge in [-0.05, 0) is 18.9 Å². The van der Waals surface area contributed by atoms with Gasteiger partial charge in [0.2, 0.25) is 0 Å². The summed E-state index contributed by atoms with van der Waals surface area (Å²) >= 11 is 0. The van der Waals surface area contributed by atoms with E-state index in [1.807, 2.05) is 24.3 Å². The predicted octanol–water partition coefficient (Wildman–Crippen LogP) is 7.59. The number of aliphatic hydroxyl groups excluding tert-OH is 1. The molecule has 0 aromatic carbocycles. The molecule has 0 atom stereocenters. The predicted molar refractivity (Wildman–Crippen MR) is 105 cm³/mol. The molecule has 1 heteroatoms. The van der Waals surface area contributed by atoms with Crippen molar-refractivity contribution in [3.05, 3.63) is 60.9 Å². The maximum absolute atomic E-state index is 8.43. The van der Waals surface area contributed by atoms with Gasteiger partial charge in [0.25, 0.3) is 0 Å². The standard InChI is InChI=1S/C22H36O/c1-2-3-4-5-6-7-8-9-10-11-12-13-14-15-16-17-18-19-20-21-22-23/h13-23H,2-12H2,1H3/b14-13+,16-15+,18-17+,20-19+,22-21+. The zero-order chi connectivity index (χ0) is 16.8. The molecule has 0 aliphatic heterocycles. The maximum Gasteiger partial charge on any atom is 0.0791 e. The van der Waals surface area contributed by atoms with Gasteiger partial charge in [-0.3, -0.25) is 0 Å². The number of unbranched alkanes of at least 4 members (excludes halogenated alkanes) is 10. The maximum atomic E-state index is 8.43. The van der Waals surface area contributed by atoms with Crippen LogP contribution >= 0.6 is 0 Å². The highest BCUT2D eigenvalue weighted by Gasteiger charge is 1.91. The van der Waals surface area contributed by atoms with Crippen LogP contribution in [0.25, 0.3) is 0 Å². The second-order valence-corrected chi connectivity index (χ2v) is 5.90. The highest BCUT2D eigenvalue weighted by Crippen LogP contribution is 2.11. The molecule has 1 N–H and O–H groups in total. The van der Waals surface area contributed by atoms with Crippen LogP contribution in [0, 0.1) is 0 Å². The van der Waals surface area contributed by atoms with Gasteiger partial charge in [0, 0.05) is 0 Å². The summed E-state index contributed by atoms with van der Waals surface area (Å²) in [5.41, 5.74) is 0. The van der Waals surface area contributed by atoms with Gasteiger partial charge in [0.15, 0.2) is 0 Å². The van der Waals surface area contributed by atoms with Crippen LogP contribution in [-0.2, 0) is 0 Å². The Balaban J connectivity index is 3.31. The quantitative estimate of drug-likeness (QED) is 0.187. The van der Waals surface area contributed by atoms with Crippen LogP contribution in [0.5, 0.6) is 0 Å². The molecule has 0 aromatic rings. The summed E-state index contributed by atoms with van der Waals surface area (Å²) < 4.78 is 0. The zero-order valence-electron chi connectivity index (χ0n) is 15.0. The summed E-state index contributed by atoms with van der Waals surface area (Å²) in [6, 6.07) is 0. The molecule has 0 bridgehead atoms. The third-order valence-corrected chi connectivity index (χ3v) is 3.72. The van der Waals surface area contributed by atoms with Gasteiger partial charge < -0.3 is 5.11 Å². The lowest BCUT2D eigenvalue weighted by Crippen LogP contribution is -1.81. The molecule has 0 aliphatic carbocycles. The van der Waals surface area contributed by atoms with E-state index in [9.17, 15) is 0 Å². The second kappa shape index (κ2) is 20.5. The van der Waals surface area contributed by atoms with E-state index < -0.39 is 0 Å². The Labute approximate surface area is 144 Å². The summed E-state index contributed by atoms with van der Waals surface area (Å²) in [6.07, 6.45) is 33.8. The lowest BCUT2D eigenvalue weighted by molar-refractivity contribution is 0.474. The molecule has 0 radical (unpaired) electrons. The monoisotopic (exact) mass is 316 g/mol. The van der Waals surface area contributed by atoms with E-state index in [4.69, 9.17) is 5.11 Å². The number of rotatable bonds is 15. The van der Waals surface area contributed by atoms with Crippen molar-refractivity contribution in [3.63, 3.8) is 0 Å². The van der Waals surface area contributed by atoms with Crippen molar-refractivity contribution < 1.29 is 5.11 Å². The summed E-state index contributed by atoms with van der Waals surface area (Å²) in [7, 11) is 0. The van der Waals surface area contributed by atoms with E-state index >= 15 is 0 Å². The Morgan fingerprint density at radius 2 is 0.957 bits per heavy atom. The lowest BCUT2D eigenvalue weighted by atomic mass is 10.1. The van der Waals surface area contributed by atoms with E-state index in [1.165, 1.54) is 70.6 Å². The Bertz CT molecular complexity index is 358. The summed E-state index contributed by atoms with van der Waals surface area (Å²) in [5, 5.41) is 8.43. The molecule has 0 aromatic heterocycles. The van der Waals surface area contributed by atoms with Crippen LogP contribution in [0.3, 0.4) is 0 Å². The SMILES string of the molecule is CCCCCCCCCCCC/C=C/C=C/C=C/C=C/C=C/O. The Hall–Kier alpha value is -1.50. The Kier molecular flexibility index (Phi) is 19.2. The molecule has 0 aliphatic rings. The van der Waals surface area contributed by atoms with Crippen LogP contribution in [0.15, 0.2) is 60.9 Å². The first-order chi connectivity index (χ1) is 11.4. The largest absolute Gasteiger partial charge is 0.516 e. The van der Waals surface area contributed by atoms with Crippen molar-refractivity contribution in [1.29, 1.82) is 0 Å². The molecule has 0 rings (SSSR count). The van der Waals surface area contributed by atoms with Gasteiger partial charge in [-0.2, -0.15) is 0 Å². The van der Waals surface area contributed by atoms with Crippen molar-refractivity contribution in [2.75, 3.05) is 0 Å². The fourth-order valence-electron chi connectivity index (χ4n) is 2.36. The Morgan fingerprint density at radius 3 is 1.48 bits per heavy atom. The fourth-order valence-corrected chi connectivity index (χ4v) is 2.36. The van der Waals surface area contributed by atoms with Crippen LogP contribution in [0.4, 0.5) is 0 Å². The van der Waals surface area contributed by atoms with Crippen LogP contribution in [0.1, 0.15) is 77.6 Å². The molecule has 0 saturated heterocycles. The van der Waals surface area contributed by atoms with Gasteiger partial charge in [0.05, 0.1) is 6.26 Å². The zero-order valence-corrected chi connectivity index (χ0v) is 15.0. The molecule has 23 heavy (non-hydrogen) atoms. The van der Waals surface area contributed by atoms with Crippen LogP contribution in [-0.4, -0.2) is 5.11 Å². The molecule has 0 spiro atoms. The molecular formula is C22H36O. The minimum Gasteiger partial charge on any atom is -0.516 e. The van der Waals surface area contributed by atoms with Crippen LogP contribution in [0.2, 0.25) is 0 Å². The third kappa shape index (κ3) is 20.5. The second-order valence-electron chi connectivity index (χ2n) is 5.90. The average Bonchev–Trinajstić information content (AvgIpc) is 2.57. The minimum absolute atomic E-state index is 1.02. The third-order valence-electron chi connectivity index (χ3n) is 3.72. The van der Waals surface area contributed by atoms with E-state index in [-0.39, 0.29) is 0 Å². The summed E-state index contributed by atoms with van der Waals surface area (Å²) in [6.45, 7) is 2.27. The normalized spacial score (nSPS) is 12.9. The van der Waals surface area contributed by atoms with Crippen molar-refractivity contribution in [3.8, 4) is 0 Å². The van der Waals surface area contributed by atoms with Gasteiger partial charge in [-0.1, -0.05) is 113 Å².